The van der Waals surface area contributed by atoms with Gasteiger partial charge >= 0.3 is 0 Å². The van der Waals surface area contributed by atoms with Crippen LogP contribution in [0.2, 0.25) is 5.02 Å². The summed E-state index contributed by atoms with van der Waals surface area (Å²) in [4.78, 5) is 2.39. The molecule has 0 amide bonds. The van der Waals surface area contributed by atoms with Gasteiger partial charge in [0.25, 0.3) is 0 Å². The molecule has 3 atom stereocenters. The van der Waals surface area contributed by atoms with Crippen molar-refractivity contribution in [3.8, 4) is 0 Å². The highest BCUT2D eigenvalue weighted by Gasteiger charge is 2.23. The third kappa shape index (κ3) is 2.81. The standard InChI is InChI=1S/C15H22ClNO/c1-10-6-7-17(9-11(10)2)13-4-5-14(12(3)18)15(16)8-13/h4-5,8,10-12,18H,6-7,9H2,1-3H3. The van der Waals surface area contributed by atoms with Crippen LogP contribution in [0.1, 0.15) is 38.9 Å². The predicted molar refractivity (Wildman–Crippen MR) is 77.2 cm³/mol. The molecule has 0 radical (unpaired) electrons. The molecule has 1 fully saturated rings. The molecule has 2 nitrogen and oxygen atoms in total. The summed E-state index contributed by atoms with van der Waals surface area (Å²) < 4.78 is 0. The van der Waals surface area contributed by atoms with Gasteiger partial charge in [-0.05, 0) is 42.9 Å². The Morgan fingerprint density at radius 1 is 1.33 bits per heavy atom. The van der Waals surface area contributed by atoms with Gasteiger partial charge in [0.05, 0.1) is 6.10 Å². The number of benzene rings is 1. The van der Waals surface area contributed by atoms with E-state index in [2.05, 4.69) is 24.8 Å². The average Bonchev–Trinajstić information content (AvgIpc) is 2.32. The van der Waals surface area contributed by atoms with Crippen molar-refractivity contribution in [2.24, 2.45) is 11.8 Å². The van der Waals surface area contributed by atoms with Gasteiger partial charge in [0.2, 0.25) is 0 Å². The summed E-state index contributed by atoms with van der Waals surface area (Å²) in [5, 5.41) is 10.2. The van der Waals surface area contributed by atoms with Crippen LogP contribution in [0.4, 0.5) is 5.69 Å². The van der Waals surface area contributed by atoms with Crippen LogP contribution >= 0.6 is 11.6 Å². The van der Waals surface area contributed by atoms with Crippen LogP contribution in [-0.2, 0) is 0 Å². The summed E-state index contributed by atoms with van der Waals surface area (Å²) in [5.74, 6) is 1.52. The minimum Gasteiger partial charge on any atom is -0.389 e. The first-order chi connectivity index (χ1) is 8.49. The van der Waals surface area contributed by atoms with Crippen molar-refractivity contribution < 1.29 is 5.11 Å². The Morgan fingerprint density at radius 2 is 2.06 bits per heavy atom. The molecule has 0 saturated carbocycles. The van der Waals surface area contributed by atoms with Crippen LogP contribution in [0.15, 0.2) is 18.2 Å². The lowest BCUT2D eigenvalue weighted by Crippen LogP contribution is -2.38. The number of aliphatic hydroxyl groups excluding tert-OH is 1. The van der Waals surface area contributed by atoms with E-state index in [4.69, 9.17) is 11.6 Å². The summed E-state index contributed by atoms with van der Waals surface area (Å²) >= 11 is 6.22. The van der Waals surface area contributed by atoms with Crippen LogP contribution in [0.5, 0.6) is 0 Å². The van der Waals surface area contributed by atoms with Crippen LogP contribution < -0.4 is 4.90 Å². The molecule has 0 aliphatic carbocycles. The highest BCUT2D eigenvalue weighted by atomic mass is 35.5. The SMILES string of the molecule is CC(O)c1ccc(N2CCC(C)C(C)C2)cc1Cl. The van der Waals surface area contributed by atoms with Gasteiger partial charge in [0.15, 0.2) is 0 Å². The molecule has 1 N–H and O–H groups in total. The number of hydrogen-bond donors (Lipinski definition) is 1. The summed E-state index contributed by atoms with van der Waals surface area (Å²) in [6.45, 7) is 8.56. The fraction of sp³-hybridized carbons (Fsp3) is 0.600. The topological polar surface area (TPSA) is 23.5 Å². The van der Waals surface area contributed by atoms with Crippen molar-refractivity contribution in [1.82, 2.24) is 0 Å². The van der Waals surface area contributed by atoms with E-state index < -0.39 is 6.10 Å². The van der Waals surface area contributed by atoms with E-state index in [1.54, 1.807) is 6.92 Å². The van der Waals surface area contributed by atoms with Crippen molar-refractivity contribution in [3.05, 3.63) is 28.8 Å². The molecule has 18 heavy (non-hydrogen) atoms. The first kappa shape index (κ1) is 13.7. The summed E-state index contributed by atoms with van der Waals surface area (Å²) in [5.41, 5.74) is 1.97. The summed E-state index contributed by atoms with van der Waals surface area (Å²) in [6, 6.07) is 5.98. The van der Waals surface area contributed by atoms with E-state index in [-0.39, 0.29) is 0 Å². The monoisotopic (exact) mass is 267 g/mol. The maximum absolute atomic E-state index is 9.58. The van der Waals surface area contributed by atoms with E-state index in [9.17, 15) is 5.11 Å². The average molecular weight is 268 g/mol. The minimum absolute atomic E-state index is 0.508. The lowest BCUT2D eigenvalue weighted by molar-refractivity contribution is 0.199. The Morgan fingerprint density at radius 3 is 2.61 bits per heavy atom. The van der Waals surface area contributed by atoms with Crippen LogP contribution in [-0.4, -0.2) is 18.2 Å². The van der Waals surface area contributed by atoms with Crippen molar-refractivity contribution in [2.45, 2.75) is 33.3 Å². The van der Waals surface area contributed by atoms with Gasteiger partial charge in [-0.25, -0.2) is 0 Å². The minimum atomic E-state index is -0.508. The Bertz CT molecular complexity index is 419. The number of rotatable bonds is 2. The van der Waals surface area contributed by atoms with Crippen molar-refractivity contribution in [1.29, 1.82) is 0 Å². The van der Waals surface area contributed by atoms with E-state index in [1.165, 1.54) is 12.1 Å². The lowest BCUT2D eigenvalue weighted by Gasteiger charge is -2.37. The Kier molecular flexibility index (Phi) is 4.18. The molecular formula is C15H22ClNO. The fourth-order valence-corrected chi connectivity index (χ4v) is 2.88. The third-order valence-electron chi connectivity index (χ3n) is 4.13. The van der Waals surface area contributed by atoms with E-state index in [1.807, 2.05) is 12.1 Å². The van der Waals surface area contributed by atoms with Crippen molar-refractivity contribution in [3.63, 3.8) is 0 Å². The number of aliphatic hydroxyl groups is 1. The zero-order chi connectivity index (χ0) is 13.3. The second kappa shape index (κ2) is 5.50. The Balaban J connectivity index is 2.17. The quantitative estimate of drug-likeness (QED) is 0.879. The molecule has 3 unspecified atom stereocenters. The molecule has 3 heteroatoms. The van der Waals surface area contributed by atoms with Gasteiger partial charge in [-0.1, -0.05) is 31.5 Å². The molecule has 1 aromatic rings. The lowest BCUT2D eigenvalue weighted by atomic mass is 9.88. The van der Waals surface area contributed by atoms with Gasteiger partial charge in [-0.3, -0.25) is 0 Å². The van der Waals surface area contributed by atoms with Gasteiger partial charge in [-0.15, -0.1) is 0 Å². The van der Waals surface area contributed by atoms with Crippen molar-refractivity contribution in [2.75, 3.05) is 18.0 Å². The second-order valence-corrected chi connectivity index (χ2v) is 5.98. The number of anilines is 1. The molecule has 1 heterocycles. The van der Waals surface area contributed by atoms with Crippen molar-refractivity contribution >= 4 is 17.3 Å². The maximum Gasteiger partial charge on any atom is 0.0776 e. The largest absolute Gasteiger partial charge is 0.389 e. The molecule has 1 aromatic carbocycles. The Labute approximate surface area is 115 Å². The molecule has 0 aromatic heterocycles. The number of halogens is 1. The summed E-state index contributed by atoms with van der Waals surface area (Å²) in [6.07, 6.45) is 0.726. The number of nitrogens with zero attached hydrogens (tertiary/aromatic N) is 1. The third-order valence-corrected chi connectivity index (χ3v) is 4.46. The predicted octanol–water partition coefficient (Wildman–Crippen LogP) is 3.88. The van der Waals surface area contributed by atoms with Gasteiger partial charge in [0.1, 0.15) is 0 Å². The van der Waals surface area contributed by atoms with E-state index in [0.29, 0.717) is 10.9 Å². The number of piperidine rings is 1. The van der Waals surface area contributed by atoms with Crippen LogP contribution in [0.25, 0.3) is 0 Å². The molecule has 1 aliphatic heterocycles. The Hall–Kier alpha value is -0.730. The molecular weight excluding hydrogens is 246 g/mol. The molecule has 1 aliphatic rings. The number of hydrogen-bond acceptors (Lipinski definition) is 2. The second-order valence-electron chi connectivity index (χ2n) is 5.57. The van der Waals surface area contributed by atoms with E-state index in [0.717, 1.165) is 24.6 Å². The van der Waals surface area contributed by atoms with E-state index >= 15 is 0 Å². The fourth-order valence-electron chi connectivity index (χ4n) is 2.55. The molecule has 100 valence electrons. The summed E-state index contributed by atoms with van der Waals surface area (Å²) in [7, 11) is 0. The molecule has 0 spiro atoms. The van der Waals surface area contributed by atoms with Gasteiger partial charge < -0.3 is 10.0 Å². The van der Waals surface area contributed by atoms with Crippen LogP contribution in [0, 0.1) is 11.8 Å². The molecule has 2 rings (SSSR count). The van der Waals surface area contributed by atoms with Crippen LogP contribution in [0.3, 0.4) is 0 Å². The first-order valence-corrected chi connectivity index (χ1v) is 7.09. The zero-order valence-corrected chi connectivity index (χ0v) is 12.1. The highest BCUT2D eigenvalue weighted by Crippen LogP contribution is 2.31. The molecule has 1 saturated heterocycles. The van der Waals surface area contributed by atoms with Gasteiger partial charge in [0, 0.05) is 23.8 Å². The van der Waals surface area contributed by atoms with Gasteiger partial charge in [-0.2, -0.15) is 0 Å². The molecule has 0 bridgehead atoms. The zero-order valence-electron chi connectivity index (χ0n) is 11.4. The smallest absolute Gasteiger partial charge is 0.0776 e. The highest BCUT2D eigenvalue weighted by molar-refractivity contribution is 6.31. The maximum atomic E-state index is 9.58. The normalized spacial score (nSPS) is 26.2. The first-order valence-electron chi connectivity index (χ1n) is 6.71.